The summed E-state index contributed by atoms with van der Waals surface area (Å²) >= 11 is 0. The fourth-order valence-electron chi connectivity index (χ4n) is 2.44. The topological polar surface area (TPSA) is 93.5 Å². The van der Waals surface area contributed by atoms with Gasteiger partial charge in [0.25, 0.3) is 5.91 Å². The molecule has 1 aromatic carbocycles. The Hall–Kier alpha value is -3.61. The smallest absolute Gasteiger partial charge is 0.340 e. The van der Waals surface area contributed by atoms with Gasteiger partial charge in [-0.2, -0.15) is 0 Å². The second kappa shape index (κ2) is 8.66. The van der Waals surface area contributed by atoms with Crippen molar-refractivity contribution in [1.82, 2.24) is 4.98 Å². The van der Waals surface area contributed by atoms with Gasteiger partial charge in [-0.15, -0.1) is 0 Å². The first-order valence-corrected chi connectivity index (χ1v) is 8.46. The molecule has 7 nitrogen and oxygen atoms in total. The zero-order valence-corrected chi connectivity index (χ0v) is 14.8. The zero-order chi connectivity index (χ0) is 19.1. The Kier molecular flexibility index (Phi) is 5.84. The van der Waals surface area contributed by atoms with Gasteiger partial charge in [-0.3, -0.25) is 9.78 Å². The molecule has 0 aliphatic heterocycles. The van der Waals surface area contributed by atoms with Crippen LogP contribution in [0.5, 0.6) is 0 Å². The van der Waals surface area contributed by atoms with Crippen LogP contribution < -0.4 is 10.6 Å². The molecule has 0 bridgehead atoms. The van der Waals surface area contributed by atoms with E-state index in [1.165, 1.54) is 6.20 Å². The molecule has 0 spiro atoms. The molecule has 2 aromatic heterocycles. The van der Waals surface area contributed by atoms with Crippen LogP contribution in [0.25, 0.3) is 0 Å². The molecule has 0 fully saturated rings. The highest BCUT2D eigenvalue weighted by Gasteiger charge is 2.15. The highest BCUT2D eigenvalue weighted by molar-refractivity contribution is 6.08. The summed E-state index contributed by atoms with van der Waals surface area (Å²) in [7, 11) is 0. The minimum atomic E-state index is -0.486. The van der Waals surface area contributed by atoms with Crippen molar-refractivity contribution in [2.75, 3.05) is 17.2 Å². The molecule has 138 valence electrons. The second-order valence-electron chi connectivity index (χ2n) is 5.62. The Morgan fingerprint density at radius 1 is 1.15 bits per heavy atom. The molecular formula is C20H19N3O4. The number of carbonyl (C=O) groups is 2. The number of para-hydroxylation sites is 1. The number of nitrogens with zero attached hydrogens (tertiary/aromatic N) is 1. The molecular weight excluding hydrogens is 346 g/mol. The van der Waals surface area contributed by atoms with Crippen LogP contribution in [-0.2, 0) is 11.3 Å². The summed E-state index contributed by atoms with van der Waals surface area (Å²) in [5, 5.41) is 5.88. The number of pyridine rings is 1. The van der Waals surface area contributed by atoms with Gasteiger partial charge in [0.1, 0.15) is 5.76 Å². The van der Waals surface area contributed by atoms with Crippen LogP contribution in [-0.4, -0.2) is 23.5 Å². The number of furan rings is 1. The first-order chi connectivity index (χ1) is 13.2. The van der Waals surface area contributed by atoms with E-state index in [0.717, 1.165) is 5.76 Å². The lowest BCUT2D eigenvalue weighted by Gasteiger charge is -2.11. The molecule has 2 N–H and O–H groups in total. The van der Waals surface area contributed by atoms with E-state index in [1.807, 2.05) is 6.07 Å². The predicted octanol–water partition coefficient (Wildman–Crippen LogP) is 3.72. The fourth-order valence-corrected chi connectivity index (χ4v) is 2.44. The summed E-state index contributed by atoms with van der Waals surface area (Å²) < 4.78 is 10.3. The molecule has 0 aliphatic carbocycles. The van der Waals surface area contributed by atoms with Gasteiger partial charge in [-0.05, 0) is 37.3 Å². The molecule has 0 radical (unpaired) electrons. The highest BCUT2D eigenvalue weighted by atomic mass is 16.5. The van der Waals surface area contributed by atoms with Crippen LogP contribution in [0.15, 0.2) is 65.5 Å². The van der Waals surface area contributed by atoms with Crippen molar-refractivity contribution in [1.29, 1.82) is 0 Å². The summed E-state index contributed by atoms with van der Waals surface area (Å²) in [6.07, 6.45) is 4.67. The number of hydrogen-bond donors (Lipinski definition) is 2. The van der Waals surface area contributed by atoms with Gasteiger partial charge in [-0.1, -0.05) is 12.1 Å². The Labute approximate surface area is 156 Å². The van der Waals surface area contributed by atoms with Crippen molar-refractivity contribution in [2.24, 2.45) is 0 Å². The van der Waals surface area contributed by atoms with Crippen LogP contribution >= 0.6 is 0 Å². The number of anilines is 2. The number of ether oxygens (including phenoxy) is 1. The summed E-state index contributed by atoms with van der Waals surface area (Å²) in [5.74, 6) is -0.0884. The van der Waals surface area contributed by atoms with Crippen LogP contribution in [0.1, 0.15) is 33.4 Å². The van der Waals surface area contributed by atoms with E-state index in [9.17, 15) is 9.59 Å². The lowest BCUT2D eigenvalue weighted by Crippen LogP contribution is -2.16. The SMILES string of the molecule is CCOC(=O)c1ccccc1NC(=O)c1cncc(NCc2ccco2)c1. The van der Waals surface area contributed by atoms with Crippen molar-refractivity contribution in [3.63, 3.8) is 0 Å². The van der Waals surface area contributed by atoms with Crippen molar-refractivity contribution in [3.05, 3.63) is 78.0 Å². The van der Waals surface area contributed by atoms with E-state index in [2.05, 4.69) is 15.6 Å². The van der Waals surface area contributed by atoms with Crippen molar-refractivity contribution in [3.8, 4) is 0 Å². The van der Waals surface area contributed by atoms with Gasteiger partial charge < -0.3 is 19.8 Å². The van der Waals surface area contributed by atoms with Gasteiger partial charge >= 0.3 is 5.97 Å². The molecule has 3 aromatic rings. The van der Waals surface area contributed by atoms with Gasteiger partial charge in [-0.25, -0.2) is 4.79 Å². The van der Waals surface area contributed by atoms with Crippen LogP contribution in [0.2, 0.25) is 0 Å². The van der Waals surface area contributed by atoms with Gasteiger partial charge in [0, 0.05) is 12.4 Å². The summed E-state index contributed by atoms with van der Waals surface area (Å²) in [5.41, 5.74) is 1.72. The number of carbonyl (C=O) groups excluding carboxylic acids is 2. The normalized spacial score (nSPS) is 10.3. The van der Waals surface area contributed by atoms with Crippen LogP contribution in [0.4, 0.5) is 11.4 Å². The quantitative estimate of drug-likeness (QED) is 0.620. The van der Waals surface area contributed by atoms with Crippen molar-refractivity contribution in [2.45, 2.75) is 13.5 Å². The number of nitrogens with one attached hydrogen (secondary N) is 2. The number of benzene rings is 1. The standard InChI is InChI=1S/C20H19N3O4/c1-2-26-20(25)17-7-3-4-8-18(17)23-19(24)14-10-15(12-21-11-14)22-13-16-6-5-9-27-16/h3-12,22H,2,13H2,1H3,(H,23,24). The molecule has 0 saturated heterocycles. The number of esters is 1. The average molecular weight is 365 g/mol. The fraction of sp³-hybridized carbons (Fsp3) is 0.150. The Balaban J connectivity index is 1.71. The number of aromatic nitrogens is 1. The third kappa shape index (κ3) is 4.72. The maximum Gasteiger partial charge on any atom is 0.340 e. The van der Waals surface area contributed by atoms with Crippen LogP contribution in [0.3, 0.4) is 0 Å². The van der Waals surface area contributed by atoms with E-state index in [-0.39, 0.29) is 12.5 Å². The molecule has 2 heterocycles. The monoisotopic (exact) mass is 365 g/mol. The first kappa shape index (κ1) is 18.2. The Morgan fingerprint density at radius 2 is 2.00 bits per heavy atom. The van der Waals surface area contributed by atoms with E-state index in [0.29, 0.717) is 29.0 Å². The largest absolute Gasteiger partial charge is 0.467 e. The average Bonchev–Trinajstić information content (AvgIpc) is 3.21. The Morgan fingerprint density at radius 3 is 2.78 bits per heavy atom. The summed E-state index contributed by atoms with van der Waals surface area (Å²) in [6, 6.07) is 12.0. The van der Waals surface area contributed by atoms with E-state index >= 15 is 0 Å². The zero-order valence-electron chi connectivity index (χ0n) is 14.8. The molecule has 27 heavy (non-hydrogen) atoms. The number of amides is 1. The third-order valence-corrected chi connectivity index (χ3v) is 3.72. The molecule has 0 aliphatic rings. The molecule has 0 unspecified atom stereocenters. The van der Waals surface area contributed by atoms with Crippen LogP contribution in [0, 0.1) is 0 Å². The maximum atomic E-state index is 12.6. The molecule has 0 saturated carbocycles. The molecule has 0 atom stereocenters. The maximum absolute atomic E-state index is 12.6. The summed E-state index contributed by atoms with van der Waals surface area (Å²) in [4.78, 5) is 28.7. The number of rotatable bonds is 7. The highest BCUT2D eigenvalue weighted by Crippen LogP contribution is 2.18. The summed E-state index contributed by atoms with van der Waals surface area (Å²) in [6.45, 7) is 2.46. The van der Waals surface area contributed by atoms with Gasteiger partial charge in [0.05, 0.1) is 41.9 Å². The van der Waals surface area contributed by atoms with Gasteiger partial charge in [0.15, 0.2) is 0 Å². The molecule has 7 heteroatoms. The Bertz CT molecular complexity index is 922. The lowest BCUT2D eigenvalue weighted by atomic mass is 10.1. The minimum absolute atomic E-state index is 0.258. The number of hydrogen-bond acceptors (Lipinski definition) is 6. The van der Waals surface area contributed by atoms with Crippen molar-refractivity contribution >= 4 is 23.3 Å². The lowest BCUT2D eigenvalue weighted by molar-refractivity contribution is 0.0527. The van der Waals surface area contributed by atoms with E-state index < -0.39 is 5.97 Å². The van der Waals surface area contributed by atoms with Gasteiger partial charge in [0.2, 0.25) is 0 Å². The first-order valence-electron chi connectivity index (χ1n) is 8.46. The predicted molar refractivity (Wildman–Crippen MR) is 101 cm³/mol. The second-order valence-corrected chi connectivity index (χ2v) is 5.62. The van der Waals surface area contributed by atoms with Crippen molar-refractivity contribution < 1.29 is 18.7 Å². The molecule has 1 amide bonds. The van der Waals surface area contributed by atoms with E-state index in [1.54, 1.807) is 55.8 Å². The minimum Gasteiger partial charge on any atom is -0.467 e. The molecule has 3 rings (SSSR count). The van der Waals surface area contributed by atoms with E-state index in [4.69, 9.17) is 9.15 Å². The third-order valence-electron chi connectivity index (χ3n) is 3.72.